The molecule has 0 radical (unpaired) electrons. The Bertz CT molecular complexity index is 584. The Morgan fingerprint density at radius 3 is 2.95 bits per heavy atom. The third-order valence-corrected chi connectivity index (χ3v) is 3.34. The molecule has 0 saturated carbocycles. The molecule has 1 aromatic heterocycles. The fourth-order valence-electron chi connectivity index (χ4n) is 2.22. The second-order valence-electron chi connectivity index (χ2n) is 5.00. The maximum atomic E-state index is 11.1. The van der Waals surface area contributed by atoms with Crippen LogP contribution in [0.4, 0.5) is 0 Å². The summed E-state index contributed by atoms with van der Waals surface area (Å²) in [7, 11) is 2.02. The number of nitrogens with zero attached hydrogens (tertiary/aromatic N) is 1. The van der Waals surface area contributed by atoms with Gasteiger partial charge < -0.3 is 14.4 Å². The molecule has 1 unspecified atom stereocenters. The molecule has 1 heterocycles. The predicted octanol–water partition coefficient (Wildman–Crippen LogP) is 1.57. The lowest BCUT2D eigenvalue weighted by atomic mass is 10.1. The van der Waals surface area contributed by atoms with E-state index in [0.717, 1.165) is 30.6 Å². The first-order valence-electron chi connectivity index (χ1n) is 6.53. The third-order valence-electron chi connectivity index (χ3n) is 3.34. The summed E-state index contributed by atoms with van der Waals surface area (Å²) in [6.45, 7) is 3.91. The molecule has 5 heteroatoms. The highest BCUT2D eigenvalue weighted by molar-refractivity contribution is 5.72. The molecule has 0 aliphatic rings. The van der Waals surface area contributed by atoms with Gasteiger partial charge in [-0.05, 0) is 37.1 Å². The summed E-state index contributed by atoms with van der Waals surface area (Å²) in [5.41, 5.74) is 2.40. The van der Waals surface area contributed by atoms with Crippen molar-refractivity contribution in [2.24, 2.45) is 5.92 Å². The van der Waals surface area contributed by atoms with Crippen molar-refractivity contribution in [3.8, 4) is 0 Å². The third kappa shape index (κ3) is 3.45. The number of hydrogen-bond donors (Lipinski definition) is 2. The fraction of sp³-hybridized carbons (Fsp3) is 0.500. The minimum absolute atomic E-state index is 0.215. The molecule has 0 saturated heterocycles. The first-order valence-corrected chi connectivity index (χ1v) is 6.53. The molecule has 2 aromatic rings. The normalized spacial score (nSPS) is 13.3. The summed E-state index contributed by atoms with van der Waals surface area (Å²) < 4.78 is 5.04. The summed E-state index contributed by atoms with van der Waals surface area (Å²) in [6, 6.07) is 5.71. The summed E-state index contributed by atoms with van der Waals surface area (Å²) >= 11 is 0. The Labute approximate surface area is 111 Å². The molecule has 1 atom stereocenters. The van der Waals surface area contributed by atoms with Gasteiger partial charge in [0.15, 0.2) is 5.58 Å². The lowest BCUT2D eigenvalue weighted by molar-refractivity contribution is 0.173. The van der Waals surface area contributed by atoms with Crippen molar-refractivity contribution >= 4 is 11.1 Å². The van der Waals surface area contributed by atoms with Crippen LogP contribution in [0.3, 0.4) is 0 Å². The maximum Gasteiger partial charge on any atom is 0.417 e. The number of aliphatic hydroxyl groups excluding tert-OH is 1. The largest absolute Gasteiger partial charge is 0.417 e. The molecule has 5 nitrogen and oxygen atoms in total. The highest BCUT2D eigenvalue weighted by Gasteiger charge is 2.10. The van der Waals surface area contributed by atoms with Gasteiger partial charge in [-0.25, -0.2) is 4.79 Å². The van der Waals surface area contributed by atoms with Crippen molar-refractivity contribution in [3.05, 3.63) is 34.3 Å². The summed E-state index contributed by atoms with van der Waals surface area (Å²) in [5.74, 6) is -0.120. The van der Waals surface area contributed by atoms with Crippen LogP contribution in [0.25, 0.3) is 11.1 Å². The fourth-order valence-corrected chi connectivity index (χ4v) is 2.22. The molecule has 0 fully saturated rings. The van der Waals surface area contributed by atoms with Crippen LogP contribution in [0.15, 0.2) is 27.4 Å². The van der Waals surface area contributed by atoms with Gasteiger partial charge in [0.25, 0.3) is 0 Å². The van der Waals surface area contributed by atoms with Crippen LogP contribution in [0.5, 0.6) is 0 Å². The van der Waals surface area contributed by atoms with Crippen LogP contribution in [0.2, 0.25) is 0 Å². The number of aliphatic hydroxyl groups is 1. The Hall–Kier alpha value is -1.59. The highest BCUT2D eigenvalue weighted by atomic mass is 16.4. The van der Waals surface area contributed by atoms with Crippen molar-refractivity contribution in [1.82, 2.24) is 9.88 Å². The number of aromatic amines is 1. The Balaban J connectivity index is 2.05. The smallest absolute Gasteiger partial charge is 0.408 e. The van der Waals surface area contributed by atoms with E-state index < -0.39 is 5.76 Å². The van der Waals surface area contributed by atoms with Gasteiger partial charge in [-0.3, -0.25) is 4.98 Å². The van der Waals surface area contributed by atoms with Crippen molar-refractivity contribution < 1.29 is 9.52 Å². The van der Waals surface area contributed by atoms with E-state index in [1.807, 2.05) is 25.2 Å². The number of oxazole rings is 1. The molecule has 0 aliphatic heterocycles. The van der Waals surface area contributed by atoms with Gasteiger partial charge in [-0.15, -0.1) is 0 Å². The molecule has 2 N–H and O–H groups in total. The number of rotatable bonds is 6. The van der Waals surface area contributed by atoms with E-state index in [1.54, 1.807) is 0 Å². The molecular formula is C14H20N2O3. The molecule has 0 bridgehead atoms. The van der Waals surface area contributed by atoms with Gasteiger partial charge >= 0.3 is 5.76 Å². The predicted molar refractivity (Wildman–Crippen MR) is 74.0 cm³/mol. The molecule has 104 valence electrons. The van der Waals surface area contributed by atoms with Crippen molar-refractivity contribution in [1.29, 1.82) is 0 Å². The van der Waals surface area contributed by atoms with Gasteiger partial charge in [-0.2, -0.15) is 0 Å². The average molecular weight is 264 g/mol. The molecule has 19 heavy (non-hydrogen) atoms. The molecule has 0 amide bonds. The zero-order valence-electron chi connectivity index (χ0n) is 11.3. The SMILES string of the molecule is CCC(CO)CN(C)Cc1ccc2[nH]c(=O)oc2c1. The number of H-pyrrole nitrogens is 1. The van der Waals surface area contributed by atoms with Crippen molar-refractivity contribution in [2.45, 2.75) is 19.9 Å². The Morgan fingerprint density at radius 2 is 2.26 bits per heavy atom. The monoisotopic (exact) mass is 264 g/mol. The van der Waals surface area contributed by atoms with Crippen LogP contribution in [0, 0.1) is 5.92 Å². The molecule has 2 rings (SSSR count). The molecule has 1 aromatic carbocycles. The van der Waals surface area contributed by atoms with Gasteiger partial charge in [0, 0.05) is 19.7 Å². The number of fused-ring (bicyclic) bond motifs is 1. The van der Waals surface area contributed by atoms with Crippen LogP contribution in [0.1, 0.15) is 18.9 Å². The Kier molecular flexibility index (Phi) is 4.39. The molecule has 0 spiro atoms. The quantitative estimate of drug-likeness (QED) is 0.831. The maximum absolute atomic E-state index is 11.1. The van der Waals surface area contributed by atoms with E-state index in [4.69, 9.17) is 4.42 Å². The van der Waals surface area contributed by atoms with E-state index in [9.17, 15) is 9.90 Å². The van der Waals surface area contributed by atoms with E-state index in [0.29, 0.717) is 11.5 Å². The molecular weight excluding hydrogens is 244 g/mol. The van der Waals surface area contributed by atoms with Gasteiger partial charge in [-0.1, -0.05) is 13.0 Å². The zero-order chi connectivity index (χ0) is 13.8. The van der Waals surface area contributed by atoms with Crippen LogP contribution >= 0.6 is 0 Å². The van der Waals surface area contributed by atoms with Crippen molar-refractivity contribution in [2.75, 3.05) is 20.2 Å². The number of benzene rings is 1. The highest BCUT2D eigenvalue weighted by Crippen LogP contribution is 2.14. The lowest BCUT2D eigenvalue weighted by Crippen LogP contribution is -2.26. The second kappa shape index (κ2) is 6.04. The van der Waals surface area contributed by atoms with E-state index >= 15 is 0 Å². The summed E-state index contributed by atoms with van der Waals surface area (Å²) in [5, 5.41) is 9.20. The summed E-state index contributed by atoms with van der Waals surface area (Å²) in [6.07, 6.45) is 0.965. The van der Waals surface area contributed by atoms with Crippen LogP contribution < -0.4 is 5.76 Å². The number of aromatic nitrogens is 1. The lowest BCUT2D eigenvalue weighted by Gasteiger charge is -2.21. The number of nitrogens with one attached hydrogen (secondary N) is 1. The minimum Gasteiger partial charge on any atom is -0.408 e. The van der Waals surface area contributed by atoms with E-state index in [1.165, 1.54) is 0 Å². The van der Waals surface area contributed by atoms with Gasteiger partial charge in [0.05, 0.1) is 5.52 Å². The van der Waals surface area contributed by atoms with Crippen LogP contribution in [-0.4, -0.2) is 35.2 Å². The topological polar surface area (TPSA) is 69.5 Å². The summed E-state index contributed by atoms with van der Waals surface area (Å²) in [4.78, 5) is 15.9. The zero-order valence-corrected chi connectivity index (χ0v) is 11.3. The average Bonchev–Trinajstić information content (AvgIpc) is 2.75. The van der Waals surface area contributed by atoms with Crippen molar-refractivity contribution in [3.63, 3.8) is 0 Å². The van der Waals surface area contributed by atoms with E-state index in [-0.39, 0.29) is 6.61 Å². The number of hydrogen-bond acceptors (Lipinski definition) is 4. The molecule has 0 aliphatic carbocycles. The first kappa shape index (κ1) is 13.8. The minimum atomic E-state index is -0.424. The second-order valence-corrected chi connectivity index (χ2v) is 5.00. The van der Waals surface area contributed by atoms with E-state index in [2.05, 4.69) is 16.8 Å². The standard InChI is InChI=1S/C14H20N2O3/c1-3-10(9-17)7-16(2)8-11-4-5-12-13(6-11)19-14(18)15-12/h4-6,10,17H,3,7-9H2,1-2H3,(H,15,18). The van der Waals surface area contributed by atoms with Crippen LogP contribution in [-0.2, 0) is 6.54 Å². The first-order chi connectivity index (χ1) is 9.12. The Morgan fingerprint density at radius 1 is 1.47 bits per heavy atom. The van der Waals surface area contributed by atoms with Gasteiger partial charge in [0.1, 0.15) is 0 Å². The van der Waals surface area contributed by atoms with Gasteiger partial charge in [0.2, 0.25) is 0 Å².